The quantitative estimate of drug-likeness (QED) is 0.854. The molecule has 3 rings (SSSR count). The fourth-order valence-corrected chi connectivity index (χ4v) is 2.76. The first-order valence-electron chi connectivity index (χ1n) is 7.49. The van der Waals surface area contributed by atoms with E-state index in [1.807, 2.05) is 30.3 Å². The normalized spacial score (nSPS) is 14.4. The van der Waals surface area contributed by atoms with Crippen molar-refractivity contribution in [3.8, 4) is 0 Å². The van der Waals surface area contributed by atoms with Gasteiger partial charge in [0, 0.05) is 24.3 Å². The maximum atomic E-state index is 5.59. The number of aliphatic imine (C=N–C) groups is 1. The van der Waals surface area contributed by atoms with Crippen LogP contribution < -0.4 is 5.32 Å². The second kappa shape index (κ2) is 6.71. The Bertz CT molecular complexity index is 677. The number of nitrogens with one attached hydrogen (secondary N) is 1. The summed E-state index contributed by atoms with van der Waals surface area (Å²) in [6, 6.07) is 18.4. The van der Waals surface area contributed by atoms with Crippen LogP contribution in [0.1, 0.15) is 17.5 Å². The molecule has 3 nitrogen and oxygen atoms in total. The zero-order valence-corrected chi connectivity index (χ0v) is 13.4. The van der Waals surface area contributed by atoms with E-state index in [4.69, 9.17) is 12.2 Å². The molecule has 112 valence electrons. The van der Waals surface area contributed by atoms with Gasteiger partial charge in [-0.05, 0) is 37.7 Å². The number of aryl methyl sites for hydroxylation is 1. The standard InChI is InChI=1S/C18H19N3S/c1-14-8-10-15(11-9-14)17-19-12-5-13-21(17)18(22)20-16-6-3-2-4-7-16/h2-4,6-11H,5,12-13H2,1H3,(H,20,22). The van der Waals surface area contributed by atoms with E-state index in [1.54, 1.807) is 0 Å². The Kier molecular flexibility index (Phi) is 4.49. The van der Waals surface area contributed by atoms with Crippen molar-refractivity contribution in [1.29, 1.82) is 0 Å². The van der Waals surface area contributed by atoms with Crippen LogP contribution in [0.5, 0.6) is 0 Å². The average molecular weight is 309 g/mol. The van der Waals surface area contributed by atoms with Gasteiger partial charge in [0.1, 0.15) is 5.84 Å². The molecule has 0 aliphatic carbocycles. The molecule has 2 aromatic carbocycles. The Labute approximate surface area is 136 Å². The van der Waals surface area contributed by atoms with Crippen LogP contribution in [0, 0.1) is 6.92 Å². The van der Waals surface area contributed by atoms with Crippen LogP contribution in [0.25, 0.3) is 0 Å². The van der Waals surface area contributed by atoms with Gasteiger partial charge in [-0.2, -0.15) is 0 Å². The number of thiocarbonyl (C=S) groups is 1. The molecule has 1 heterocycles. The summed E-state index contributed by atoms with van der Waals surface area (Å²) in [6.45, 7) is 3.84. The van der Waals surface area contributed by atoms with Crippen LogP contribution in [0.2, 0.25) is 0 Å². The third-order valence-electron chi connectivity index (χ3n) is 3.64. The third kappa shape index (κ3) is 3.34. The number of rotatable bonds is 2. The van der Waals surface area contributed by atoms with Gasteiger partial charge < -0.3 is 10.2 Å². The predicted octanol–water partition coefficient (Wildman–Crippen LogP) is 3.84. The Morgan fingerprint density at radius 3 is 2.55 bits per heavy atom. The van der Waals surface area contributed by atoms with Crippen LogP contribution in [0.15, 0.2) is 59.6 Å². The number of amidine groups is 1. The molecule has 0 unspecified atom stereocenters. The summed E-state index contributed by atoms with van der Waals surface area (Å²) in [4.78, 5) is 6.78. The van der Waals surface area contributed by atoms with Crippen molar-refractivity contribution in [2.45, 2.75) is 13.3 Å². The number of hydrogen-bond acceptors (Lipinski definition) is 2. The van der Waals surface area contributed by atoms with E-state index in [1.165, 1.54) is 5.56 Å². The van der Waals surface area contributed by atoms with Gasteiger partial charge in [-0.25, -0.2) is 0 Å². The predicted molar refractivity (Wildman–Crippen MR) is 96.6 cm³/mol. The highest BCUT2D eigenvalue weighted by Gasteiger charge is 2.20. The number of para-hydroxylation sites is 1. The van der Waals surface area contributed by atoms with Crippen molar-refractivity contribution in [1.82, 2.24) is 4.90 Å². The lowest BCUT2D eigenvalue weighted by Gasteiger charge is -2.30. The van der Waals surface area contributed by atoms with Crippen molar-refractivity contribution in [2.75, 3.05) is 18.4 Å². The summed E-state index contributed by atoms with van der Waals surface area (Å²) < 4.78 is 0. The zero-order chi connectivity index (χ0) is 15.4. The molecule has 0 amide bonds. The third-order valence-corrected chi connectivity index (χ3v) is 3.96. The highest BCUT2D eigenvalue weighted by atomic mass is 32.1. The molecule has 0 bridgehead atoms. The highest BCUT2D eigenvalue weighted by Crippen LogP contribution is 2.15. The van der Waals surface area contributed by atoms with Gasteiger partial charge in [0.15, 0.2) is 5.11 Å². The maximum Gasteiger partial charge on any atom is 0.179 e. The maximum absolute atomic E-state index is 5.59. The molecule has 0 spiro atoms. The minimum absolute atomic E-state index is 0.699. The summed E-state index contributed by atoms with van der Waals surface area (Å²) >= 11 is 5.59. The topological polar surface area (TPSA) is 27.6 Å². The molecule has 1 N–H and O–H groups in total. The minimum atomic E-state index is 0.699. The molecule has 0 saturated heterocycles. The molecule has 0 radical (unpaired) electrons. The van der Waals surface area contributed by atoms with Crippen molar-refractivity contribution in [2.24, 2.45) is 4.99 Å². The molecule has 4 heteroatoms. The first-order chi connectivity index (χ1) is 10.7. The SMILES string of the molecule is Cc1ccc(C2=NCCCN2C(=S)Nc2ccccc2)cc1. The van der Waals surface area contributed by atoms with Crippen molar-refractivity contribution < 1.29 is 0 Å². The zero-order valence-electron chi connectivity index (χ0n) is 12.6. The Hall–Kier alpha value is -2.20. The largest absolute Gasteiger partial charge is 0.332 e. The fraction of sp³-hybridized carbons (Fsp3) is 0.222. The molecule has 0 atom stereocenters. The summed E-state index contributed by atoms with van der Waals surface area (Å²) in [5, 5.41) is 4.00. The van der Waals surface area contributed by atoms with Crippen LogP contribution >= 0.6 is 12.2 Å². The molecule has 2 aromatic rings. The van der Waals surface area contributed by atoms with Crippen LogP contribution in [0.4, 0.5) is 5.69 Å². The molecule has 1 aliphatic heterocycles. The van der Waals surface area contributed by atoms with Crippen molar-refractivity contribution in [3.05, 3.63) is 65.7 Å². The van der Waals surface area contributed by atoms with E-state index in [2.05, 4.69) is 46.4 Å². The number of anilines is 1. The molecular weight excluding hydrogens is 290 g/mol. The number of benzene rings is 2. The van der Waals surface area contributed by atoms with Gasteiger partial charge in [-0.3, -0.25) is 4.99 Å². The molecule has 0 saturated carbocycles. The Morgan fingerprint density at radius 1 is 1.09 bits per heavy atom. The van der Waals surface area contributed by atoms with E-state index in [9.17, 15) is 0 Å². The summed E-state index contributed by atoms with van der Waals surface area (Å²) in [5.74, 6) is 0.958. The smallest absolute Gasteiger partial charge is 0.179 e. The van der Waals surface area contributed by atoms with E-state index >= 15 is 0 Å². The monoisotopic (exact) mass is 309 g/mol. The molecule has 1 aliphatic rings. The lowest BCUT2D eigenvalue weighted by Crippen LogP contribution is -2.43. The molecule has 22 heavy (non-hydrogen) atoms. The lowest BCUT2D eigenvalue weighted by atomic mass is 10.1. The van der Waals surface area contributed by atoms with Gasteiger partial charge in [0.2, 0.25) is 0 Å². The summed E-state index contributed by atoms with van der Waals surface area (Å²) in [6.07, 6.45) is 1.02. The molecule has 0 aromatic heterocycles. The van der Waals surface area contributed by atoms with Gasteiger partial charge in [0.05, 0.1) is 0 Å². The van der Waals surface area contributed by atoms with E-state index in [0.717, 1.165) is 36.6 Å². The van der Waals surface area contributed by atoms with E-state index in [-0.39, 0.29) is 0 Å². The van der Waals surface area contributed by atoms with E-state index in [0.29, 0.717) is 5.11 Å². The van der Waals surface area contributed by atoms with E-state index < -0.39 is 0 Å². The first kappa shape index (κ1) is 14.7. The van der Waals surface area contributed by atoms with Gasteiger partial charge in [0.25, 0.3) is 0 Å². The van der Waals surface area contributed by atoms with Crippen LogP contribution in [-0.4, -0.2) is 28.9 Å². The minimum Gasteiger partial charge on any atom is -0.332 e. The van der Waals surface area contributed by atoms with Crippen molar-refractivity contribution in [3.63, 3.8) is 0 Å². The number of nitrogens with zero attached hydrogens (tertiary/aromatic N) is 2. The van der Waals surface area contributed by atoms with Crippen molar-refractivity contribution >= 4 is 28.9 Å². The summed E-state index contributed by atoms with van der Waals surface area (Å²) in [5.41, 5.74) is 3.36. The highest BCUT2D eigenvalue weighted by molar-refractivity contribution is 7.80. The summed E-state index contributed by atoms with van der Waals surface area (Å²) in [7, 11) is 0. The van der Waals surface area contributed by atoms with Gasteiger partial charge in [-0.15, -0.1) is 0 Å². The Balaban J connectivity index is 1.81. The molecule has 0 fully saturated rings. The second-order valence-corrected chi connectivity index (χ2v) is 5.76. The lowest BCUT2D eigenvalue weighted by molar-refractivity contribution is 0.555. The molecular formula is C18H19N3S. The number of hydrogen-bond donors (Lipinski definition) is 1. The fourth-order valence-electron chi connectivity index (χ4n) is 2.46. The van der Waals surface area contributed by atoms with Gasteiger partial charge >= 0.3 is 0 Å². The van der Waals surface area contributed by atoms with Gasteiger partial charge in [-0.1, -0.05) is 48.0 Å². The second-order valence-electron chi connectivity index (χ2n) is 5.37. The average Bonchev–Trinajstić information content (AvgIpc) is 2.56. The van der Waals surface area contributed by atoms with Crippen LogP contribution in [0.3, 0.4) is 0 Å². The Morgan fingerprint density at radius 2 is 1.82 bits per heavy atom. The van der Waals surface area contributed by atoms with Crippen LogP contribution in [-0.2, 0) is 0 Å². The first-order valence-corrected chi connectivity index (χ1v) is 7.90.